The molecular formula is C10H20N2O4. The van der Waals surface area contributed by atoms with Crippen LogP contribution in [0.5, 0.6) is 0 Å². The largest absolute Gasteiger partial charge is 0.480 e. The van der Waals surface area contributed by atoms with Crippen LogP contribution in [-0.2, 0) is 14.3 Å². The quantitative estimate of drug-likeness (QED) is 0.526. The first kappa shape index (κ1) is 14.9. The number of carbonyl (C=O) groups is 2. The number of unbranched alkanes of at least 4 members (excludes halogenated alkanes) is 1. The summed E-state index contributed by atoms with van der Waals surface area (Å²) in [4.78, 5) is 23.2. The van der Waals surface area contributed by atoms with Gasteiger partial charge in [0.2, 0.25) is 5.91 Å². The van der Waals surface area contributed by atoms with Crippen LogP contribution in [0.25, 0.3) is 0 Å². The van der Waals surface area contributed by atoms with Crippen molar-refractivity contribution in [1.29, 1.82) is 0 Å². The Morgan fingerprint density at radius 2 is 1.94 bits per heavy atom. The zero-order valence-electron chi connectivity index (χ0n) is 9.86. The van der Waals surface area contributed by atoms with Crippen molar-refractivity contribution < 1.29 is 19.4 Å². The van der Waals surface area contributed by atoms with Gasteiger partial charge in [0.15, 0.2) is 0 Å². The first-order valence-corrected chi connectivity index (χ1v) is 5.23. The van der Waals surface area contributed by atoms with E-state index in [2.05, 4.69) is 15.0 Å². The molecule has 6 nitrogen and oxygen atoms in total. The summed E-state index contributed by atoms with van der Waals surface area (Å²) in [6.07, 6.45) is 1.92. The third-order valence-electron chi connectivity index (χ3n) is 1.81. The van der Waals surface area contributed by atoms with E-state index in [1.54, 1.807) is 0 Å². The van der Waals surface area contributed by atoms with Crippen LogP contribution in [0, 0.1) is 0 Å². The Hall–Kier alpha value is -1.14. The standard InChI is InChI=1S/C10H20N2O4/c1-12(2)6-4-3-5-11-9(13)7-16-8-10(14)15/h3-8H2,1-2H3,(H,11,13)(H,14,15). The summed E-state index contributed by atoms with van der Waals surface area (Å²) in [5.74, 6) is -1.34. The molecule has 0 aliphatic heterocycles. The molecule has 0 aliphatic carbocycles. The third-order valence-corrected chi connectivity index (χ3v) is 1.81. The molecule has 0 aromatic heterocycles. The minimum atomic E-state index is -1.07. The number of carboxylic acid groups (broad SMARTS) is 1. The third kappa shape index (κ3) is 10.9. The van der Waals surface area contributed by atoms with Crippen LogP contribution in [0.4, 0.5) is 0 Å². The van der Waals surface area contributed by atoms with Gasteiger partial charge in [-0.25, -0.2) is 4.79 Å². The van der Waals surface area contributed by atoms with Crippen molar-refractivity contribution in [1.82, 2.24) is 10.2 Å². The summed E-state index contributed by atoms with van der Waals surface area (Å²) >= 11 is 0. The van der Waals surface area contributed by atoms with Gasteiger partial charge in [-0.15, -0.1) is 0 Å². The number of hydrogen-bond acceptors (Lipinski definition) is 4. The predicted molar refractivity (Wildman–Crippen MR) is 59.3 cm³/mol. The molecule has 0 radical (unpaired) electrons. The minimum Gasteiger partial charge on any atom is -0.480 e. The minimum absolute atomic E-state index is 0.194. The molecule has 0 aromatic rings. The lowest BCUT2D eigenvalue weighted by molar-refractivity contribution is -0.143. The number of ether oxygens (including phenoxy) is 1. The fraction of sp³-hybridized carbons (Fsp3) is 0.800. The van der Waals surface area contributed by atoms with Gasteiger partial charge in [-0.3, -0.25) is 4.79 Å². The highest BCUT2D eigenvalue weighted by atomic mass is 16.5. The second kappa shape index (κ2) is 9.11. The Morgan fingerprint density at radius 1 is 1.25 bits per heavy atom. The van der Waals surface area contributed by atoms with E-state index in [4.69, 9.17) is 5.11 Å². The number of rotatable bonds is 9. The molecule has 2 N–H and O–H groups in total. The van der Waals surface area contributed by atoms with Gasteiger partial charge < -0.3 is 20.1 Å². The summed E-state index contributed by atoms with van der Waals surface area (Å²) in [5, 5.41) is 10.9. The van der Waals surface area contributed by atoms with Gasteiger partial charge in [-0.2, -0.15) is 0 Å². The highest BCUT2D eigenvalue weighted by molar-refractivity contribution is 5.77. The van der Waals surface area contributed by atoms with Crippen molar-refractivity contribution in [3.8, 4) is 0 Å². The molecule has 0 saturated carbocycles. The molecule has 0 bridgehead atoms. The molecule has 6 heteroatoms. The zero-order valence-corrected chi connectivity index (χ0v) is 9.86. The average molecular weight is 232 g/mol. The average Bonchev–Trinajstić information content (AvgIpc) is 2.16. The van der Waals surface area contributed by atoms with Gasteiger partial charge in [0.1, 0.15) is 13.2 Å². The molecule has 1 amide bonds. The number of carboxylic acids is 1. The number of nitrogens with zero attached hydrogens (tertiary/aromatic N) is 1. The highest BCUT2D eigenvalue weighted by Gasteiger charge is 2.02. The molecule has 0 aromatic carbocycles. The van der Waals surface area contributed by atoms with Crippen molar-refractivity contribution >= 4 is 11.9 Å². The van der Waals surface area contributed by atoms with Gasteiger partial charge in [0.25, 0.3) is 0 Å². The molecule has 0 rings (SSSR count). The second-order valence-electron chi connectivity index (χ2n) is 3.75. The lowest BCUT2D eigenvalue weighted by atomic mass is 10.3. The fourth-order valence-corrected chi connectivity index (χ4v) is 1.06. The number of nitrogens with one attached hydrogen (secondary N) is 1. The van der Waals surface area contributed by atoms with Crippen LogP contribution in [0.2, 0.25) is 0 Å². The van der Waals surface area contributed by atoms with E-state index < -0.39 is 12.6 Å². The Balaban J connectivity index is 3.27. The van der Waals surface area contributed by atoms with Gasteiger partial charge in [-0.05, 0) is 33.5 Å². The van der Waals surface area contributed by atoms with Crippen LogP contribution in [-0.4, -0.2) is 62.3 Å². The van der Waals surface area contributed by atoms with Crippen molar-refractivity contribution in [3.63, 3.8) is 0 Å². The fourth-order valence-electron chi connectivity index (χ4n) is 1.06. The van der Waals surface area contributed by atoms with E-state index in [9.17, 15) is 9.59 Å². The molecular weight excluding hydrogens is 212 g/mol. The van der Waals surface area contributed by atoms with Crippen molar-refractivity contribution in [2.45, 2.75) is 12.8 Å². The van der Waals surface area contributed by atoms with Crippen LogP contribution >= 0.6 is 0 Å². The maximum atomic E-state index is 11.1. The monoisotopic (exact) mass is 232 g/mol. The maximum Gasteiger partial charge on any atom is 0.329 e. The molecule has 0 atom stereocenters. The van der Waals surface area contributed by atoms with Crippen LogP contribution in [0.15, 0.2) is 0 Å². The lowest BCUT2D eigenvalue weighted by Crippen LogP contribution is -2.29. The van der Waals surface area contributed by atoms with Crippen molar-refractivity contribution in [3.05, 3.63) is 0 Å². The second-order valence-corrected chi connectivity index (χ2v) is 3.75. The first-order chi connectivity index (χ1) is 7.52. The first-order valence-electron chi connectivity index (χ1n) is 5.23. The summed E-state index contributed by atoms with van der Waals surface area (Å²) in [6, 6.07) is 0. The molecule has 0 spiro atoms. The normalized spacial score (nSPS) is 10.4. The van der Waals surface area contributed by atoms with Crippen LogP contribution in [0.1, 0.15) is 12.8 Å². The molecule has 0 unspecified atom stereocenters. The Kier molecular flexibility index (Phi) is 8.46. The van der Waals surface area contributed by atoms with Crippen molar-refractivity contribution in [2.75, 3.05) is 40.4 Å². The Bertz CT molecular complexity index is 219. The van der Waals surface area contributed by atoms with Gasteiger partial charge >= 0.3 is 5.97 Å². The molecule has 16 heavy (non-hydrogen) atoms. The van der Waals surface area contributed by atoms with E-state index in [-0.39, 0.29) is 12.5 Å². The highest BCUT2D eigenvalue weighted by Crippen LogP contribution is 1.88. The van der Waals surface area contributed by atoms with Gasteiger partial charge in [0, 0.05) is 6.54 Å². The lowest BCUT2D eigenvalue weighted by Gasteiger charge is -2.09. The Labute approximate surface area is 95.6 Å². The molecule has 0 fully saturated rings. The maximum absolute atomic E-state index is 11.1. The van der Waals surface area contributed by atoms with Gasteiger partial charge in [-0.1, -0.05) is 0 Å². The molecule has 94 valence electrons. The van der Waals surface area contributed by atoms with E-state index in [1.807, 2.05) is 14.1 Å². The van der Waals surface area contributed by atoms with E-state index in [1.165, 1.54) is 0 Å². The number of hydrogen-bond donors (Lipinski definition) is 2. The SMILES string of the molecule is CN(C)CCCCNC(=O)COCC(=O)O. The summed E-state index contributed by atoms with van der Waals surface area (Å²) in [5.41, 5.74) is 0. The Morgan fingerprint density at radius 3 is 2.50 bits per heavy atom. The van der Waals surface area contributed by atoms with Crippen LogP contribution in [0.3, 0.4) is 0 Å². The summed E-state index contributed by atoms with van der Waals surface area (Å²) in [6.45, 7) is 0.961. The topological polar surface area (TPSA) is 78.9 Å². The smallest absolute Gasteiger partial charge is 0.329 e. The summed E-state index contributed by atoms with van der Waals surface area (Å²) in [7, 11) is 4.00. The van der Waals surface area contributed by atoms with E-state index >= 15 is 0 Å². The molecule has 0 aliphatic rings. The van der Waals surface area contributed by atoms with Crippen LogP contribution < -0.4 is 5.32 Å². The number of carbonyl (C=O) groups excluding carboxylic acids is 1. The predicted octanol–water partition coefficient (Wildman–Crippen LogP) is -0.454. The van der Waals surface area contributed by atoms with Gasteiger partial charge in [0.05, 0.1) is 0 Å². The van der Waals surface area contributed by atoms with Crippen molar-refractivity contribution in [2.24, 2.45) is 0 Å². The number of amides is 1. The molecule has 0 heterocycles. The zero-order chi connectivity index (χ0) is 12.4. The van der Waals surface area contributed by atoms with E-state index in [0.29, 0.717) is 6.54 Å². The summed E-state index contributed by atoms with van der Waals surface area (Å²) < 4.78 is 4.63. The number of aliphatic carboxylic acids is 1. The molecule has 0 saturated heterocycles. The van der Waals surface area contributed by atoms with E-state index in [0.717, 1.165) is 19.4 Å².